The first-order valence-electron chi connectivity index (χ1n) is 5.39. The zero-order valence-electron chi connectivity index (χ0n) is 9.39. The van der Waals surface area contributed by atoms with E-state index in [1.54, 1.807) is 12.1 Å². The maximum atomic E-state index is 11.3. The molecule has 0 fully saturated rings. The van der Waals surface area contributed by atoms with E-state index in [1.807, 2.05) is 36.4 Å². The van der Waals surface area contributed by atoms with E-state index in [1.165, 1.54) is 0 Å². The quantitative estimate of drug-likeness (QED) is 0.785. The molecule has 0 aliphatic heterocycles. The number of hydrogen-bond acceptors (Lipinski definition) is 2. The number of primary amides is 1. The highest BCUT2D eigenvalue weighted by Gasteiger charge is 2.08. The Kier molecular flexibility index (Phi) is 3.10. The van der Waals surface area contributed by atoms with Crippen molar-refractivity contribution >= 4 is 11.6 Å². The number of hydrogen-bond donors (Lipinski definition) is 2. The van der Waals surface area contributed by atoms with Crippen LogP contribution in [0.25, 0.3) is 0 Å². The maximum Gasteiger partial charge on any atom is 0.248 e. The Morgan fingerprint density at radius 1 is 0.941 bits per heavy atom. The molecular weight excluding hydrogens is 212 g/mol. The van der Waals surface area contributed by atoms with Crippen LogP contribution in [-0.2, 0) is 6.42 Å². The van der Waals surface area contributed by atoms with Crippen LogP contribution in [0.2, 0.25) is 0 Å². The smallest absolute Gasteiger partial charge is 0.248 e. The number of nitrogen functional groups attached to an aromatic ring is 1. The minimum atomic E-state index is -0.407. The molecular formula is C14H14N2O. The molecule has 3 nitrogen and oxygen atoms in total. The van der Waals surface area contributed by atoms with Gasteiger partial charge in [0, 0.05) is 17.7 Å². The standard InChI is InChI=1S/C14H14N2O/c15-13-8-4-2-6-11(13)9-10-5-1-3-7-12(10)14(16)17/h1-8H,9,15H2,(H2,16,17). The summed E-state index contributed by atoms with van der Waals surface area (Å²) in [6.07, 6.45) is 0.617. The van der Waals surface area contributed by atoms with Crippen molar-refractivity contribution in [1.29, 1.82) is 0 Å². The fourth-order valence-electron chi connectivity index (χ4n) is 1.82. The lowest BCUT2D eigenvalue weighted by atomic mass is 9.98. The Bertz CT molecular complexity index is 549. The molecule has 0 saturated heterocycles. The molecule has 0 saturated carbocycles. The summed E-state index contributed by atoms with van der Waals surface area (Å²) in [5.41, 5.74) is 14.4. The summed E-state index contributed by atoms with van der Waals surface area (Å²) < 4.78 is 0. The van der Waals surface area contributed by atoms with Gasteiger partial charge in [0.15, 0.2) is 0 Å². The first-order valence-corrected chi connectivity index (χ1v) is 5.39. The van der Waals surface area contributed by atoms with Gasteiger partial charge in [0.05, 0.1) is 0 Å². The van der Waals surface area contributed by atoms with E-state index in [-0.39, 0.29) is 0 Å². The Hall–Kier alpha value is -2.29. The average Bonchev–Trinajstić information content (AvgIpc) is 2.32. The summed E-state index contributed by atoms with van der Waals surface area (Å²) in [4.78, 5) is 11.3. The lowest BCUT2D eigenvalue weighted by molar-refractivity contribution is 0.0999. The molecule has 2 rings (SSSR count). The molecule has 0 aliphatic rings. The normalized spacial score (nSPS) is 10.1. The van der Waals surface area contributed by atoms with E-state index in [2.05, 4.69) is 0 Å². The van der Waals surface area contributed by atoms with Crippen LogP contribution in [0.5, 0.6) is 0 Å². The van der Waals surface area contributed by atoms with Gasteiger partial charge in [-0.15, -0.1) is 0 Å². The number of carbonyl (C=O) groups excluding carboxylic acids is 1. The molecule has 2 aromatic carbocycles. The van der Waals surface area contributed by atoms with Crippen molar-refractivity contribution in [2.75, 3.05) is 5.73 Å². The molecule has 0 heterocycles. The molecule has 0 aromatic heterocycles. The highest BCUT2D eigenvalue weighted by Crippen LogP contribution is 2.18. The molecule has 0 spiro atoms. The van der Waals surface area contributed by atoms with Gasteiger partial charge in [-0.2, -0.15) is 0 Å². The van der Waals surface area contributed by atoms with Crippen molar-refractivity contribution in [3.05, 3.63) is 65.2 Å². The second-order valence-electron chi connectivity index (χ2n) is 3.90. The third-order valence-corrected chi connectivity index (χ3v) is 2.72. The molecule has 1 amide bonds. The van der Waals surface area contributed by atoms with E-state index >= 15 is 0 Å². The largest absolute Gasteiger partial charge is 0.398 e. The SMILES string of the molecule is NC(=O)c1ccccc1Cc1ccccc1N. The van der Waals surface area contributed by atoms with Crippen LogP contribution in [-0.4, -0.2) is 5.91 Å². The van der Waals surface area contributed by atoms with Crippen molar-refractivity contribution in [3.8, 4) is 0 Å². The van der Waals surface area contributed by atoms with Gasteiger partial charge >= 0.3 is 0 Å². The van der Waals surface area contributed by atoms with Crippen molar-refractivity contribution < 1.29 is 4.79 Å². The second-order valence-corrected chi connectivity index (χ2v) is 3.90. The summed E-state index contributed by atoms with van der Waals surface area (Å²) in [6.45, 7) is 0. The van der Waals surface area contributed by atoms with Gasteiger partial charge in [-0.3, -0.25) is 4.79 Å². The number of benzene rings is 2. The second kappa shape index (κ2) is 4.70. The van der Waals surface area contributed by atoms with Gasteiger partial charge in [-0.1, -0.05) is 36.4 Å². The van der Waals surface area contributed by atoms with Crippen LogP contribution in [0.15, 0.2) is 48.5 Å². The lowest BCUT2D eigenvalue weighted by Crippen LogP contribution is -2.14. The average molecular weight is 226 g/mol. The molecule has 0 radical (unpaired) electrons. The Morgan fingerprint density at radius 3 is 2.18 bits per heavy atom. The molecule has 3 heteroatoms. The van der Waals surface area contributed by atoms with Gasteiger partial charge in [0.25, 0.3) is 0 Å². The number of amides is 1. The fourth-order valence-corrected chi connectivity index (χ4v) is 1.82. The van der Waals surface area contributed by atoms with E-state index in [0.717, 1.165) is 16.8 Å². The van der Waals surface area contributed by atoms with Crippen LogP contribution in [0.4, 0.5) is 5.69 Å². The number of para-hydroxylation sites is 1. The molecule has 0 unspecified atom stereocenters. The van der Waals surface area contributed by atoms with Gasteiger partial charge < -0.3 is 11.5 Å². The Labute approximate surface area is 100 Å². The number of nitrogens with two attached hydrogens (primary N) is 2. The van der Waals surface area contributed by atoms with Crippen LogP contribution >= 0.6 is 0 Å². The third-order valence-electron chi connectivity index (χ3n) is 2.72. The van der Waals surface area contributed by atoms with E-state index in [0.29, 0.717) is 12.0 Å². The van der Waals surface area contributed by atoms with Crippen LogP contribution in [0.3, 0.4) is 0 Å². The van der Waals surface area contributed by atoms with Gasteiger partial charge in [0.2, 0.25) is 5.91 Å². The molecule has 0 atom stereocenters. The molecule has 0 bridgehead atoms. The lowest BCUT2D eigenvalue weighted by Gasteiger charge is -2.08. The first kappa shape index (κ1) is 11.2. The summed E-state index contributed by atoms with van der Waals surface area (Å²) >= 11 is 0. The van der Waals surface area contributed by atoms with Crippen LogP contribution in [0, 0.1) is 0 Å². The third kappa shape index (κ3) is 2.45. The Morgan fingerprint density at radius 2 is 1.53 bits per heavy atom. The number of carbonyl (C=O) groups is 1. The van der Waals surface area contributed by atoms with Gasteiger partial charge in [-0.05, 0) is 23.3 Å². The summed E-state index contributed by atoms with van der Waals surface area (Å²) in [6, 6.07) is 14.9. The minimum Gasteiger partial charge on any atom is -0.398 e. The van der Waals surface area contributed by atoms with Crippen molar-refractivity contribution in [1.82, 2.24) is 0 Å². The van der Waals surface area contributed by atoms with Crippen LogP contribution in [0.1, 0.15) is 21.5 Å². The maximum absolute atomic E-state index is 11.3. The molecule has 17 heavy (non-hydrogen) atoms. The summed E-state index contributed by atoms with van der Waals surface area (Å²) in [5.74, 6) is -0.407. The minimum absolute atomic E-state index is 0.407. The topological polar surface area (TPSA) is 69.1 Å². The summed E-state index contributed by atoms with van der Waals surface area (Å²) in [7, 11) is 0. The molecule has 86 valence electrons. The van der Waals surface area contributed by atoms with E-state index < -0.39 is 5.91 Å². The fraction of sp³-hybridized carbons (Fsp3) is 0.0714. The molecule has 0 aliphatic carbocycles. The highest BCUT2D eigenvalue weighted by atomic mass is 16.1. The zero-order valence-corrected chi connectivity index (χ0v) is 9.39. The monoisotopic (exact) mass is 226 g/mol. The van der Waals surface area contributed by atoms with Crippen molar-refractivity contribution in [2.24, 2.45) is 5.73 Å². The zero-order chi connectivity index (χ0) is 12.3. The number of rotatable bonds is 3. The van der Waals surface area contributed by atoms with Gasteiger partial charge in [0.1, 0.15) is 0 Å². The number of anilines is 1. The molecule has 4 N–H and O–H groups in total. The van der Waals surface area contributed by atoms with E-state index in [9.17, 15) is 4.79 Å². The highest BCUT2D eigenvalue weighted by molar-refractivity contribution is 5.94. The first-order chi connectivity index (χ1) is 8.18. The molecule has 2 aromatic rings. The van der Waals surface area contributed by atoms with Gasteiger partial charge in [-0.25, -0.2) is 0 Å². The van der Waals surface area contributed by atoms with Crippen molar-refractivity contribution in [2.45, 2.75) is 6.42 Å². The Balaban J connectivity index is 2.37. The van der Waals surface area contributed by atoms with E-state index in [4.69, 9.17) is 11.5 Å². The summed E-state index contributed by atoms with van der Waals surface area (Å²) in [5, 5.41) is 0. The van der Waals surface area contributed by atoms with Crippen molar-refractivity contribution in [3.63, 3.8) is 0 Å². The predicted octanol–water partition coefficient (Wildman–Crippen LogP) is 1.96. The predicted molar refractivity (Wildman–Crippen MR) is 68.6 cm³/mol. The van der Waals surface area contributed by atoms with Crippen LogP contribution < -0.4 is 11.5 Å².